The van der Waals surface area contributed by atoms with E-state index in [1.165, 1.54) is 25.0 Å². The van der Waals surface area contributed by atoms with E-state index in [9.17, 15) is 8.78 Å². The summed E-state index contributed by atoms with van der Waals surface area (Å²) in [6.45, 7) is 1.40. The van der Waals surface area contributed by atoms with E-state index in [1.807, 2.05) is 0 Å². The van der Waals surface area contributed by atoms with Crippen LogP contribution in [0.15, 0.2) is 24.3 Å². The fourth-order valence-corrected chi connectivity index (χ4v) is 2.01. The summed E-state index contributed by atoms with van der Waals surface area (Å²) in [7, 11) is 0. The number of nitrogens with two attached hydrogens (primary N) is 1. The molecule has 2 nitrogen and oxygen atoms in total. The fourth-order valence-electron chi connectivity index (χ4n) is 2.01. The Hall–Kier alpha value is -1.16. The fraction of sp³-hybridized carbons (Fsp3) is 0.500. The van der Waals surface area contributed by atoms with Crippen LogP contribution in [0.1, 0.15) is 18.4 Å². The van der Waals surface area contributed by atoms with Crippen LogP contribution in [0.25, 0.3) is 0 Å². The lowest BCUT2D eigenvalue weighted by atomic mass is 10.1. The van der Waals surface area contributed by atoms with Crippen molar-refractivity contribution in [1.29, 1.82) is 0 Å². The SMILES string of the molecule is NCC(F)(F)c1ccc(N2CCCC2)cc1. The molecule has 16 heavy (non-hydrogen) atoms. The maximum absolute atomic E-state index is 13.3. The molecule has 0 aromatic heterocycles. The van der Waals surface area contributed by atoms with Crippen molar-refractivity contribution in [3.8, 4) is 0 Å². The van der Waals surface area contributed by atoms with Crippen LogP contribution < -0.4 is 10.6 Å². The van der Waals surface area contributed by atoms with Crippen LogP contribution in [0, 0.1) is 0 Å². The molecule has 0 atom stereocenters. The Labute approximate surface area is 94.0 Å². The Kier molecular flexibility index (Phi) is 3.10. The highest BCUT2D eigenvalue weighted by molar-refractivity contribution is 5.48. The summed E-state index contributed by atoms with van der Waals surface area (Å²) >= 11 is 0. The van der Waals surface area contributed by atoms with E-state index in [0.29, 0.717) is 0 Å². The monoisotopic (exact) mass is 226 g/mol. The zero-order chi connectivity index (χ0) is 11.6. The number of halogens is 2. The first kappa shape index (κ1) is 11.3. The molecule has 0 aliphatic carbocycles. The molecule has 1 saturated heterocycles. The normalized spacial score (nSPS) is 16.8. The predicted molar refractivity (Wildman–Crippen MR) is 60.8 cm³/mol. The Balaban J connectivity index is 2.15. The molecule has 0 bridgehead atoms. The van der Waals surface area contributed by atoms with Gasteiger partial charge in [-0.05, 0) is 25.0 Å². The van der Waals surface area contributed by atoms with Crippen LogP contribution >= 0.6 is 0 Å². The van der Waals surface area contributed by atoms with Crippen molar-refractivity contribution in [3.63, 3.8) is 0 Å². The Bertz CT molecular complexity index is 343. The highest BCUT2D eigenvalue weighted by atomic mass is 19.3. The summed E-state index contributed by atoms with van der Waals surface area (Å²) < 4.78 is 26.5. The van der Waals surface area contributed by atoms with Crippen molar-refractivity contribution in [2.24, 2.45) is 5.73 Å². The molecule has 0 spiro atoms. The third kappa shape index (κ3) is 2.16. The molecule has 1 aromatic rings. The average molecular weight is 226 g/mol. The third-order valence-corrected chi connectivity index (χ3v) is 3.02. The number of rotatable bonds is 3. The first-order valence-electron chi connectivity index (χ1n) is 5.57. The minimum Gasteiger partial charge on any atom is -0.372 e. The highest BCUT2D eigenvalue weighted by Crippen LogP contribution is 2.29. The van der Waals surface area contributed by atoms with Gasteiger partial charge >= 0.3 is 0 Å². The molecule has 1 aliphatic heterocycles. The van der Waals surface area contributed by atoms with Gasteiger partial charge in [0.2, 0.25) is 0 Å². The van der Waals surface area contributed by atoms with E-state index in [1.54, 1.807) is 12.1 Å². The van der Waals surface area contributed by atoms with Gasteiger partial charge in [0, 0.05) is 24.3 Å². The zero-order valence-corrected chi connectivity index (χ0v) is 9.13. The van der Waals surface area contributed by atoms with Gasteiger partial charge in [-0.2, -0.15) is 8.78 Å². The molecule has 0 amide bonds. The lowest BCUT2D eigenvalue weighted by Crippen LogP contribution is -2.25. The highest BCUT2D eigenvalue weighted by Gasteiger charge is 2.29. The van der Waals surface area contributed by atoms with Crippen molar-refractivity contribution in [1.82, 2.24) is 0 Å². The molecule has 2 rings (SSSR count). The maximum atomic E-state index is 13.3. The van der Waals surface area contributed by atoms with Gasteiger partial charge in [-0.3, -0.25) is 0 Å². The standard InChI is InChI=1S/C12H16F2N2/c13-12(14,9-15)10-3-5-11(6-4-10)16-7-1-2-8-16/h3-6H,1-2,7-9,15H2. The lowest BCUT2D eigenvalue weighted by Gasteiger charge is -2.19. The van der Waals surface area contributed by atoms with Crippen LogP contribution in [0.5, 0.6) is 0 Å². The Morgan fingerprint density at radius 2 is 1.69 bits per heavy atom. The van der Waals surface area contributed by atoms with Crippen LogP contribution in [0.2, 0.25) is 0 Å². The van der Waals surface area contributed by atoms with Crippen LogP contribution in [0.3, 0.4) is 0 Å². The Morgan fingerprint density at radius 3 is 2.19 bits per heavy atom. The van der Waals surface area contributed by atoms with E-state index in [-0.39, 0.29) is 5.56 Å². The van der Waals surface area contributed by atoms with Crippen LogP contribution in [-0.4, -0.2) is 19.6 Å². The van der Waals surface area contributed by atoms with Gasteiger partial charge < -0.3 is 10.6 Å². The molecule has 0 saturated carbocycles. The minimum atomic E-state index is -2.91. The molecule has 1 aliphatic rings. The molecule has 0 unspecified atom stereocenters. The van der Waals surface area contributed by atoms with E-state index in [2.05, 4.69) is 4.90 Å². The smallest absolute Gasteiger partial charge is 0.285 e. The molecule has 1 aromatic carbocycles. The van der Waals surface area contributed by atoms with Gasteiger partial charge in [0.05, 0.1) is 6.54 Å². The quantitative estimate of drug-likeness (QED) is 0.857. The van der Waals surface area contributed by atoms with Crippen molar-refractivity contribution in [2.75, 3.05) is 24.5 Å². The topological polar surface area (TPSA) is 29.3 Å². The summed E-state index contributed by atoms with van der Waals surface area (Å²) in [4.78, 5) is 2.21. The van der Waals surface area contributed by atoms with Gasteiger partial charge in [-0.15, -0.1) is 0 Å². The largest absolute Gasteiger partial charge is 0.372 e. The predicted octanol–water partition coefficient (Wildman–Crippen LogP) is 2.34. The van der Waals surface area contributed by atoms with E-state index >= 15 is 0 Å². The number of nitrogens with zero attached hydrogens (tertiary/aromatic N) is 1. The molecule has 1 fully saturated rings. The first-order valence-corrected chi connectivity index (χ1v) is 5.57. The zero-order valence-electron chi connectivity index (χ0n) is 9.13. The number of hydrogen-bond acceptors (Lipinski definition) is 2. The molecular formula is C12H16F2N2. The molecule has 0 radical (unpaired) electrons. The van der Waals surface area contributed by atoms with Crippen LogP contribution in [0.4, 0.5) is 14.5 Å². The van der Waals surface area contributed by atoms with E-state index in [0.717, 1.165) is 18.8 Å². The number of hydrogen-bond donors (Lipinski definition) is 1. The summed E-state index contributed by atoms with van der Waals surface area (Å²) in [5, 5.41) is 0. The van der Waals surface area contributed by atoms with Gasteiger partial charge in [-0.25, -0.2) is 0 Å². The van der Waals surface area contributed by atoms with Gasteiger partial charge in [0.15, 0.2) is 0 Å². The molecule has 4 heteroatoms. The van der Waals surface area contributed by atoms with E-state index < -0.39 is 12.5 Å². The Morgan fingerprint density at radius 1 is 1.12 bits per heavy atom. The minimum absolute atomic E-state index is 0.00190. The number of benzene rings is 1. The second kappa shape index (κ2) is 4.37. The third-order valence-electron chi connectivity index (χ3n) is 3.02. The van der Waals surface area contributed by atoms with Crippen LogP contribution in [-0.2, 0) is 5.92 Å². The molecule has 1 heterocycles. The first-order chi connectivity index (χ1) is 7.63. The van der Waals surface area contributed by atoms with Gasteiger partial charge in [-0.1, -0.05) is 12.1 Å². The van der Waals surface area contributed by atoms with Gasteiger partial charge in [0.1, 0.15) is 0 Å². The molecule has 88 valence electrons. The summed E-state index contributed by atoms with van der Waals surface area (Å²) in [5.74, 6) is -2.91. The van der Waals surface area contributed by atoms with E-state index in [4.69, 9.17) is 5.73 Å². The average Bonchev–Trinajstić information content (AvgIpc) is 2.83. The maximum Gasteiger partial charge on any atom is 0.285 e. The lowest BCUT2D eigenvalue weighted by molar-refractivity contribution is 0.00596. The van der Waals surface area contributed by atoms with Crippen molar-refractivity contribution >= 4 is 5.69 Å². The summed E-state index contributed by atoms with van der Waals surface area (Å²) in [6.07, 6.45) is 2.36. The van der Waals surface area contributed by atoms with Crippen molar-refractivity contribution in [3.05, 3.63) is 29.8 Å². The summed E-state index contributed by atoms with van der Waals surface area (Å²) in [6, 6.07) is 6.45. The number of anilines is 1. The van der Waals surface area contributed by atoms with Crippen molar-refractivity contribution in [2.45, 2.75) is 18.8 Å². The second-order valence-electron chi connectivity index (χ2n) is 4.15. The second-order valence-corrected chi connectivity index (χ2v) is 4.15. The molecular weight excluding hydrogens is 210 g/mol. The summed E-state index contributed by atoms with van der Waals surface area (Å²) in [5.41, 5.74) is 6.06. The molecule has 2 N–H and O–H groups in total. The number of alkyl halides is 2. The van der Waals surface area contributed by atoms with Gasteiger partial charge in [0.25, 0.3) is 5.92 Å². The van der Waals surface area contributed by atoms with Crippen molar-refractivity contribution < 1.29 is 8.78 Å².